The maximum atomic E-state index is 12.1. The zero-order chi connectivity index (χ0) is 16.5. The van der Waals surface area contributed by atoms with Crippen molar-refractivity contribution in [3.63, 3.8) is 0 Å². The number of piperidine rings is 1. The molecule has 0 bridgehead atoms. The summed E-state index contributed by atoms with van der Waals surface area (Å²) in [5.41, 5.74) is 5.76. The number of hydrogen-bond acceptors (Lipinski definition) is 5. The summed E-state index contributed by atoms with van der Waals surface area (Å²) < 4.78 is 5.37. The van der Waals surface area contributed by atoms with E-state index in [2.05, 4.69) is 0 Å². The van der Waals surface area contributed by atoms with E-state index in [4.69, 9.17) is 10.5 Å². The lowest BCUT2D eigenvalue weighted by Crippen LogP contribution is -2.52. The van der Waals surface area contributed by atoms with Crippen molar-refractivity contribution in [2.24, 2.45) is 5.73 Å². The quantitative estimate of drug-likeness (QED) is 0.876. The van der Waals surface area contributed by atoms with Gasteiger partial charge in [0.05, 0.1) is 11.6 Å². The van der Waals surface area contributed by atoms with Crippen molar-refractivity contribution in [2.75, 3.05) is 13.1 Å². The first-order valence-corrected chi connectivity index (χ1v) is 8.50. The predicted octanol–water partition coefficient (Wildman–Crippen LogP) is 2.82. The molecule has 22 heavy (non-hydrogen) atoms. The SMILES string of the molecule is Cc1cc(C(N)C2(O)CCN(C(=O)OC(C)(C)C)CC2)cs1. The highest BCUT2D eigenvalue weighted by Gasteiger charge is 2.40. The fourth-order valence-corrected chi connectivity index (χ4v) is 3.39. The summed E-state index contributed by atoms with van der Waals surface area (Å²) in [6.45, 7) is 8.49. The molecule has 1 fully saturated rings. The molecule has 5 nitrogen and oxygen atoms in total. The lowest BCUT2D eigenvalue weighted by atomic mass is 9.82. The molecule has 1 unspecified atom stereocenters. The predicted molar refractivity (Wildman–Crippen MR) is 88.0 cm³/mol. The fraction of sp³-hybridized carbons (Fsp3) is 0.688. The highest BCUT2D eigenvalue weighted by molar-refractivity contribution is 7.10. The minimum atomic E-state index is -0.966. The second-order valence-electron chi connectivity index (χ2n) is 7.04. The van der Waals surface area contributed by atoms with Crippen LogP contribution in [-0.4, -0.2) is 40.4 Å². The Bertz CT molecular complexity index is 528. The van der Waals surface area contributed by atoms with Crippen LogP contribution in [0.5, 0.6) is 0 Å². The number of rotatable bonds is 2. The van der Waals surface area contributed by atoms with Gasteiger partial charge in [-0.25, -0.2) is 4.79 Å². The van der Waals surface area contributed by atoms with Gasteiger partial charge in [-0.15, -0.1) is 11.3 Å². The van der Waals surface area contributed by atoms with Crippen LogP contribution in [0.4, 0.5) is 4.79 Å². The minimum absolute atomic E-state index is 0.325. The van der Waals surface area contributed by atoms with Crippen LogP contribution in [0.2, 0.25) is 0 Å². The van der Waals surface area contributed by atoms with E-state index in [0.717, 1.165) is 5.56 Å². The summed E-state index contributed by atoms with van der Waals surface area (Å²) in [5.74, 6) is 0. The molecule has 1 saturated heterocycles. The van der Waals surface area contributed by atoms with Gasteiger partial charge in [0.1, 0.15) is 5.60 Å². The van der Waals surface area contributed by atoms with Crippen molar-refractivity contribution >= 4 is 17.4 Å². The molecular weight excluding hydrogens is 300 g/mol. The second-order valence-corrected chi connectivity index (χ2v) is 8.15. The van der Waals surface area contributed by atoms with E-state index in [1.54, 1.807) is 16.2 Å². The zero-order valence-electron chi connectivity index (χ0n) is 13.8. The van der Waals surface area contributed by atoms with Gasteiger partial charge in [0.25, 0.3) is 0 Å². The Morgan fingerprint density at radius 1 is 1.45 bits per heavy atom. The molecule has 0 spiro atoms. The highest BCUT2D eigenvalue weighted by atomic mass is 32.1. The normalized spacial score (nSPS) is 19.8. The van der Waals surface area contributed by atoms with Crippen LogP contribution in [0, 0.1) is 6.92 Å². The number of carbonyl (C=O) groups is 1. The zero-order valence-corrected chi connectivity index (χ0v) is 14.6. The average Bonchev–Trinajstić information content (AvgIpc) is 2.83. The van der Waals surface area contributed by atoms with Crippen LogP contribution in [0.25, 0.3) is 0 Å². The third-order valence-electron chi connectivity index (χ3n) is 3.97. The molecule has 0 aliphatic carbocycles. The Kier molecular flexibility index (Phi) is 4.84. The van der Waals surface area contributed by atoms with E-state index in [1.165, 1.54) is 4.88 Å². The van der Waals surface area contributed by atoms with E-state index < -0.39 is 17.2 Å². The maximum Gasteiger partial charge on any atom is 0.410 e. The molecule has 0 saturated carbocycles. The number of likely N-dealkylation sites (tertiary alicyclic amines) is 1. The molecule has 1 aromatic rings. The van der Waals surface area contributed by atoms with Crippen molar-refractivity contribution < 1.29 is 14.6 Å². The van der Waals surface area contributed by atoms with Gasteiger partial charge in [-0.2, -0.15) is 0 Å². The van der Waals surface area contributed by atoms with Crippen LogP contribution in [0.15, 0.2) is 11.4 Å². The van der Waals surface area contributed by atoms with Gasteiger partial charge >= 0.3 is 6.09 Å². The number of nitrogens with two attached hydrogens (primary N) is 1. The van der Waals surface area contributed by atoms with Gasteiger partial charge in [-0.1, -0.05) is 0 Å². The third-order valence-corrected chi connectivity index (χ3v) is 4.85. The van der Waals surface area contributed by atoms with E-state index in [1.807, 2.05) is 39.1 Å². The van der Waals surface area contributed by atoms with E-state index in [-0.39, 0.29) is 6.09 Å². The minimum Gasteiger partial charge on any atom is -0.444 e. The molecule has 0 radical (unpaired) electrons. The first-order valence-electron chi connectivity index (χ1n) is 7.62. The first-order chi connectivity index (χ1) is 10.1. The molecule has 6 heteroatoms. The number of ether oxygens (including phenoxy) is 1. The number of aliphatic hydroxyl groups is 1. The van der Waals surface area contributed by atoms with Gasteiger partial charge in [0.2, 0.25) is 0 Å². The number of nitrogens with zero attached hydrogens (tertiary/aromatic N) is 1. The van der Waals surface area contributed by atoms with Crippen LogP contribution >= 0.6 is 11.3 Å². The standard InChI is InChI=1S/C16H26N2O3S/c1-11-9-12(10-22-11)13(17)16(20)5-7-18(8-6-16)14(19)21-15(2,3)4/h9-10,13,20H,5-8,17H2,1-4H3. The highest BCUT2D eigenvalue weighted by Crippen LogP contribution is 2.35. The Morgan fingerprint density at radius 2 is 2.05 bits per heavy atom. The van der Waals surface area contributed by atoms with Gasteiger partial charge in [-0.3, -0.25) is 0 Å². The monoisotopic (exact) mass is 326 g/mol. The van der Waals surface area contributed by atoms with Crippen molar-refractivity contribution in [3.8, 4) is 0 Å². The van der Waals surface area contributed by atoms with Crippen LogP contribution in [0.1, 0.15) is 50.1 Å². The molecule has 1 atom stereocenters. The molecular formula is C16H26N2O3S. The Balaban J connectivity index is 1.97. The fourth-order valence-electron chi connectivity index (χ4n) is 2.65. The Hall–Kier alpha value is -1.11. The summed E-state index contributed by atoms with van der Waals surface area (Å²) in [5, 5.41) is 12.8. The van der Waals surface area contributed by atoms with E-state index in [0.29, 0.717) is 25.9 Å². The summed E-state index contributed by atoms with van der Waals surface area (Å²) in [6, 6.07) is 1.60. The lowest BCUT2D eigenvalue weighted by molar-refractivity contribution is -0.0475. The average molecular weight is 326 g/mol. The summed E-state index contributed by atoms with van der Waals surface area (Å²) in [6.07, 6.45) is 0.597. The lowest BCUT2D eigenvalue weighted by Gasteiger charge is -2.41. The Morgan fingerprint density at radius 3 is 2.50 bits per heavy atom. The van der Waals surface area contributed by atoms with Gasteiger partial charge in [0.15, 0.2) is 0 Å². The molecule has 2 rings (SSSR count). The van der Waals surface area contributed by atoms with E-state index in [9.17, 15) is 9.90 Å². The Labute approximate surface area is 136 Å². The van der Waals surface area contributed by atoms with Crippen LogP contribution in [-0.2, 0) is 4.74 Å². The topological polar surface area (TPSA) is 75.8 Å². The van der Waals surface area contributed by atoms with Crippen LogP contribution in [0.3, 0.4) is 0 Å². The van der Waals surface area contributed by atoms with Crippen molar-refractivity contribution in [2.45, 2.75) is 57.8 Å². The smallest absolute Gasteiger partial charge is 0.410 e. The largest absolute Gasteiger partial charge is 0.444 e. The molecule has 1 aliphatic heterocycles. The van der Waals surface area contributed by atoms with Crippen molar-refractivity contribution in [1.82, 2.24) is 4.90 Å². The molecule has 0 aromatic carbocycles. The maximum absolute atomic E-state index is 12.1. The third kappa shape index (κ3) is 4.00. The van der Waals surface area contributed by atoms with Gasteiger partial charge in [0, 0.05) is 18.0 Å². The number of thiophene rings is 1. The summed E-state index contributed by atoms with van der Waals surface area (Å²) in [4.78, 5) is 14.9. The van der Waals surface area contributed by atoms with Crippen LogP contribution < -0.4 is 5.73 Å². The number of amides is 1. The number of hydrogen-bond donors (Lipinski definition) is 2. The second kappa shape index (κ2) is 6.18. The molecule has 1 amide bonds. The number of carbonyl (C=O) groups excluding carboxylic acids is 1. The molecule has 1 aromatic heterocycles. The van der Waals surface area contributed by atoms with E-state index >= 15 is 0 Å². The van der Waals surface area contributed by atoms with Gasteiger partial charge in [-0.05, 0) is 57.5 Å². The summed E-state index contributed by atoms with van der Waals surface area (Å²) >= 11 is 1.63. The molecule has 2 heterocycles. The molecule has 124 valence electrons. The number of aryl methyl sites for hydroxylation is 1. The molecule has 1 aliphatic rings. The summed E-state index contributed by atoms with van der Waals surface area (Å²) in [7, 11) is 0. The first kappa shape index (κ1) is 17.2. The van der Waals surface area contributed by atoms with Crippen molar-refractivity contribution in [1.29, 1.82) is 0 Å². The van der Waals surface area contributed by atoms with Gasteiger partial charge < -0.3 is 20.5 Å². The van der Waals surface area contributed by atoms with Crippen molar-refractivity contribution in [3.05, 3.63) is 21.9 Å². The molecule has 3 N–H and O–H groups in total.